The Kier molecular flexibility index (Phi) is 7.90. The number of aryl methyl sites for hydroxylation is 1. The summed E-state index contributed by atoms with van der Waals surface area (Å²) in [5.41, 5.74) is 3.57. The van der Waals surface area contributed by atoms with Crippen molar-refractivity contribution in [1.29, 1.82) is 0 Å². The Hall–Kier alpha value is -2.87. The molecule has 0 spiro atoms. The molecule has 0 radical (unpaired) electrons. The van der Waals surface area contributed by atoms with Crippen molar-refractivity contribution in [3.8, 4) is 5.69 Å². The van der Waals surface area contributed by atoms with Crippen LogP contribution in [0.1, 0.15) is 18.3 Å². The fraction of sp³-hybridized carbons (Fsp3) is 0.261. The number of carbonyl (C=O) groups excluding carboxylic acids is 2. The number of rotatable bonds is 8. The van der Waals surface area contributed by atoms with Crippen molar-refractivity contribution in [2.24, 2.45) is 0 Å². The van der Waals surface area contributed by atoms with Gasteiger partial charge in [0.1, 0.15) is 0 Å². The average molecular weight is 474 g/mol. The number of carbonyl (C=O) groups is 2. The number of anilines is 2. The van der Waals surface area contributed by atoms with E-state index in [4.69, 9.17) is 23.2 Å². The van der Waals surface area contributed by atoms with Gasteiger partial charge in [0.15, 0.2) is 0 Å². The van der Waals surface area contributed by atoms with E-state index in [2.05, 4.69) is 15.7 Å². The van der Waals surface area contributed by atoms with Crippen LogP contribution in [-0.4, -0.2) is 46.1 Å². The summed E-state index contributed by atoms with van der Waals surface area (Å²) in [6.07, 6.45) is 0. The lowest BCUT2D eigenvalue weighted by Crippen LogP contribution is -2.38. The Balaban J connectivity index is 1.63. The molecule has 2 aromatic carbocycles. The second kappa shape index (κ2) is 10.6. The van der Waals surface area contributed by atoms with Crippen LogP contribution in [-0.2, 0) is 9.59 Å². The minimum atomic E-state index is -0.284. The molecule has 0 unspecified atom stereocenters. The van der Waals surface area contributed by atoms with Crippen LogP contribution in [0.5, 0.6) is 0 Å². The Morgan fingerprint density at radius 2 is 1.66 bits per heavy atom. The standard InChI is InChI=1S/C23H25Cl2N5O2/c1-4-29(13-21(31)26-20-12-17(24)10-11-19(20)25)14-22(32)27-23-15(2)28-30(16(23)3)18-8-6-5-7-9-18/h5-12H,4,13-14H2,1-3H3,(H,26,31)(H,27,32). The van der Waals surface area contributed by atoms with E-state index in [9.17, 15) is 9.59 Å². The minimum Gasteiger partial charge on any atom is -0.324 e. The van der Waals surface area contributed by atoms with E-state index >= 15 is 0 Å². The number of nitrogens with zero attached hydrogens (tertiary/aromatic N) is 3. The number of aromatic nitrogens is 2. The highest BCUT2D eigenvalue weighted by atomic mass is 35.5. The Morgan fingerprint density at radius 3 is 2.31 bits per heavy atom. The zero-order chi connectivity index (χ0) is 23.3. The number of hydrogen-bond acceptors (Lipinski definition) is 4. The molecule has 2 amide bonds. The SMILES string of the molecule is CCN(CC(=O)Nc1cc(Cl)ccc1Cl)CC(=O)Nc1c(C)nn(-c2ccccc2)c1C. The molecule has 3 rings (SSSR count). The van der Waals surface area contributed by atoms with Gasteiger partial charge >= 0.3 is 0 Å². The third-order valence-corrected chi connectivity index (χ3v) is 5.51. The summed E-state index contributed by atoms with van der Waals surface area (Å²) >= 11 is 12.1. The van der Waals surface area contributed by atoms with E-state index in [1.54, 1.807) is 27.8 Å². The number of amides is 2. The zero-order valence-corrected chi connectivity index (χ0v) is 19.7. The van der Waals surface area contributed by atoms with Gasteiger partial charge in [-0.2, -0.15) is 5.10 Å². The molecule has 0 atom stereocenters. The van der Waals surface area contributed by atoms with Gasteiger partial charge in [-0.25, -0.2) is 4.68 Å². The van der Waals surface area contributed by atoms with Crippen LogP contribution in [0.4, 0.5) is 11.4 Å². The molecule has 2 N–H and O–H groups in total. The Bertz CT molecular complexity index is 1120. The third kappa shape index (κ3) is 5.88. The highest BCUT2D eigenvalue weighted by molar-refractivity contribution is 6.35. The van der Waals surface area contributed by atoms with Gasteiger partial charge in [0.05, 0.1) is 46.6 Å². The van der Waals surface area contributed by atoms with Gasteiger partial charge in [-0.1, -0.05) is 48.3 Å². The van der Waals surface area contributed by atoms with E-state index in [0.717, 1.165) is 17.1 Å². The van der Waals surface area contributed by atoms with Gasteiger partial charge in [0, 0.05) is 5.02 Å². The first-order valence-electron chi connectivity index (χ1n) is 10.2. The summed E-state index contributed by atoms with van der Waals surface area (Å²) in [6.45, 7) is 6.25. The van der Waals surface area contributed by atoms with Crippen LogP contribution in [0.15, 0.2) is 48.5 Å². The largest absolute Gasteiger partial charge is 0.324 e. The van der Waals surface area contributed by atoms with Crippen molar-refractivity contribution in [2.45, 2.75) is 20.8 Å². The Labute approximate surface area is 197 Å². The highest BCUT2D eigenvalue weighted by Gasteiger charge is 2.18. The number of halogens is 2. The predicted molar refractivity (Wildman–Crippen MR) is 129 cm³/mol. The maximum atomic E-state index is 12.7. The normalized spacial score (nSPS) is 10.9. The number of nitrogens with one attached hydrogen (secondary N) is 2. The molecule has 168 valence electrons. The van der Waals surface area contributed by atoms with Crippen molar-refractivity contribution < 1.29 is 9.59 Å². The molecule has 0 aliphatic carbocycles. The molecule has 0 fully saturated rings. The fourth-order valence-corrected chi connectivity index (χ4v) is 3.63. The number of para-hydroxylation sites is 1. The van der Waals surface area contributed by atoms with Crippen molar-refractivity contribution in [2.75, 3.05) is 30.3 Å². The number of benzene rings is 2. The van der Waals surface area contributed by atoms with Crippen molar-refractivity contribution in [3.05, 3.63) is 70.0 Å². The first-order valence-corrected chi connectivity index (χ1v) is 10.9. The molecule has 0 saturated heterocycles. The maximum absolute atomic E-state index is 12.7. The van der Waals surface area contributed by atoms with Gasteiger partial charge < -0.3 is 10.6 Å². The molecule has 0 bridgehead atoms. The van der Waals surface area contributed by atoms with Gasteiger partial charge in [0.2, 0.25) is 11.8 Å². The molecular weight excluding hydrogens is 449 g/mol. The highest BCUT2D eigenvalue weighted by Crippen LogP contribution is 2.25. The first-order chi connectivity index (χ1) is 15.3. The molecular formula is C23H25Cl2N5O2. The quantitative estimate of drug-likeness (QED) is 0.496. The molecule has 0 saturated carbocycles. The van der Waals surface area contributed by atoms with E-state index in [1.807, 2.05) is 51.1 Å². The molecule has 1 heterocycles. The van der Waals surface area contributed by atoms with Gasteiger partial charge in [-0.15, -0.1) is 0 Å². The van der Waals surface area contributed by atoms with Gasteiger partial charge in [-0.05, 0) is 50.7 Å². The van der Waals surface area contributed by atoms with Crippen molar-refractivity contribution >= 4 is 46.4 Å². The van der Waals surface area contributed by atoms with E-state index in [1.165, 1.54) is 0 Å². The zero-order valence-electron chi connectivity index (χ0n) is 18.2. The first kappa shape index (κ1) is 23.8. The van der Waals surface area contributed by atoms with Crippen LogP contribution in [0.2, 0.25) is 10.0 Å². The summed E-state index contributed by atoms with van der Waals surface area (Å²) in [4.78, 5) is 26.9. The monoisotopic (exact) mass is 473 g/mol. The average Bonchev–Trinajstić information content (AvgIpc) is 3.04. The van der Waals surface area contributed by atoms with Crippen LogP contribution in [0, 0.1) is 13.8 Å². The lowest BCUT2D eigenvalue weighted by molar-refractivity contribution is -0.119. The topological polar surface area (TPSA) is 79.3 Å². The van der Waals surface area contributed by atoms with E-state index in [-0.39, 0.29) is 24.9 Å². The van der Waals surface area contributed by atoms with Crippen LogP contribution >= 0.6 is 23.2 Å². The summed E-state index contributed by atoms with van der Waals surface area (Å²) in [7, 11) is 0. The van der Waals surface area contributed by atoms with Crippen molar-refractivity contribution in [3.63, 3.8) is 0 Å². The summed E-state index contributed by atoms with van der Waals surface area (Å²) in [5, 5.41) is 11.1. The number of likely N-dealkylation sites (N-methyl/N-ethyl adjacent to an activating group) is 1. The van der Waals surface area contributed by atoms with Gasteiger partial charge in [-0.3, -0.25) is 14.5 Å². The lowest BCUT2D eigenvalue weighted by atomic mass is 10.3. The molecule has 32 heavy (non-hydrogen) atoms. The predicted octanol–water partition coefficient (Wildman–Crippen LogP) is 4.70. The van der Waals surface area contributed by atoms with Crippen LogP contribution in [0.25, 0.3) is 5.69 Å². The number of hydrogen-bond donors (Lipinski definition) is 2. The van der Waals surface area contributed by atoms with Gasteiger partial charge in [0.25, 0.3) is 0 Å². The van der Waals surface area contributed by atoms with E-state index < -0.39 is 0 Å². The van der Waals surface area contributed by atoms with E-state index in [0.29, 0.717) is 28.0 Å². The van der Waals surface area contributed by atoms with Crippen LogP contribution in [0.3, 0.4) is 0 Å². The summed E-state index contributed by atoms with van der Waals surface area (Å²) < 4.78 is 1.80. The molecule has 0 aliphatic heterocycles. The molecule has 7 nitrogen and oxygen atoms in total. The van der Waals surface area contributed by atoms with Crippen molar-refractivity contribution in [1.82, 2.24) is 14.7 Å². The molecule has 1 aromatic heterocycles. The maximum Gasteiger partial charge on any atom is 0.238 e. The molecule has 3 aromatic rings. The smallest absolute Gasteiger partial charge is 0.238 e. The molecule has 9 heteroatoms. The fourth-order valence-electron chi connectivity index (χ4n) is 3.29. The summed E-state index contributed by atoms with van der Waals surface area (Å²) in [5.74, 6) is -0.507. The third-order valence-electron chi connectivity index (χ3n) is 4.94. The lowest BCUT2D eigenvalue weighted by Gasteiger charge is -2.19. The minimum absolute atomic E-state index is 0.0357. The van der Waals surface area contributed by atoms with Crippen LogP contribution < -0.4 is 10.6 Å². The molecule has 0 aliphatic rings. The second-order valence-corrected chi connectivity index (χ2v) is 8.16. The second-order valence-electron chi connectivity index (χ2n) is 7.32. The Morgan fingerprint density at radius 1 is 1.00 bits per heavy atom. The summed E-state index contributed by atoms with van der Waals surface area (Å²) in [6, 6.07) is 14.6.